The minimum Gasteiger partial charge on any atom is -0.493 e. The van der Waals surface area contributed by atoms with Crippen LogP contribution in [0.5, 0.6) is 23.0 Å². The summed E-state index contributed by atoms with van der Waals surface area (Å²) in [6, 6.07) is 8.50. The fraction of sp³-hybridized carbons (Fsp3) is 0.391. The van der Waals surface area contributed by atoms with Crippen LogP contribution in [0.4, 0.5) is 0 Å². The molecule has 29 heavy (non-hydrogen) atoms. The Hall–Kier alpha value is -3.02. The number of carbonyl (C=O) groups is 2. The molecule has 0 fully saturated rings. The molecule has 0 saturated carbocycles. The lowest BCUT2D eigenvalue weighted by molar-refractivity contribution is -0.117. The molecule has 156 valence electrons. The summed E-state index contributed by atoms with van der Waals surface area (Å²) in [5.41, 5.74) is 1.69. The van der Waals surface area contributed by atoms with Crippen molar-refractivity contribution >= 4 is 11.6 Å². The molecule has 2 aromatic rings. The average Bonchev–Trinajstić information content (AvgIpc) is 2.75. The maximum Gasteiger partial charge on any atom is 0.193 e. The molecule has 0 bridgehead atoms. The van der Waals surface area contributed by atoms with E-state index in [0.29, 0.717) is 47.0 Å². The summed E-state index contributed by atoms with van der Waals surface area (Å²) in [6.45, 7) is 3.55. The summed E-state index contributed by atoms with van der Waals surface area (Å²) in [5.74, 6) is 1.76. The van der Waals surface area contributed by atoms with Gasteiger partial charge in [-0.2, -0.15) is 0 Å². The number of rotatable bonds is 10. The number of hydrogen-bond acceptors (Lipinski definition) is 6. The Morgan fingerprint density at radius 2 is 1.38 bits per heavy atom. The van der Waals surface area contributed by atoms with E-state index < -0.39 is 0 Å². The van der Waals surface area contributed by atoms with Crippen LogP contribution < -0.4 is 18.9 Å². The van der Waals surface area contributed by atoms with Crippen molar-refractivity contribution in [2.24, 2.45) is 0 Å². The minimum atomic E-state index is -0.191. The highest BCUT2D eigenvalue weighted by Crippen LogP contribution is 2.38. The summed E-state index contributed by atoms with van der Waals surface area (Å²) < 4.78 is 21.4. The molecule has 0 spiro atoms. The second-order valence-electron chi connectivity index (χ2n) is 6.70. The van der Waals surface area contributed by atoms with Crippen molar-refractivity contribution in [1.82, 2.24) is 0 Å². The van der Waals surface area contributed by atoms with Gasteiger partial charge in [-0.25, -0.2) is 0 Å². The van der Waals surface area contributed by atoms with Gasteiger partial charge in [0.05, 0.1) is 28.4 Å². The number of ketones is 2. The van der Waals surface area contributed by atoms with Crippen molar-refractivity contribution in [3.63, 3.8) is 0 Å². The van der Waals surface area contributed by atoms with Crippen molar-refractivity contribution in [3.8, 4) is 23.0 Å². The maximum atomic E-state index is 13.4. The fourth-order valence-corrected chi connectivity index (χ4v) is 3.38. The lowest BCUT2D eigenvalue weighted by Crippen LogP contribution is -2.12. The Morgan fingerprint density at radius 1 is 0.828 bits per heavy atom. The molecule has 0 aliphatic heterocycles. The van der Waals surface area contributed by atoms with Crippen molar-refractivity contribution in [2.45, 2.75) is 32.6 Å². The molecule has 0 aromatic heterocycles. The summed E-state index contributed by atoms with van der Waals surface area (Å²) in [7, 11) is 6.13. The van der Waals surface area contributed by atoms with E-state index in [1.165, 1.54) is 14.2 Å². The number of benzene rings is 2. The third-order valence-electron chi connectivity index (χ3n) is 4.91. The quantitative estimate of drug-likeness (QED) is 0.550. The van der Waals surface area contributed by atoms with Gasteiger partial charge in [0.2, 0.25) is 0 Å². The topological polar surface area (TPSA) is 71.1 Å². The summed E-state index contributed by atoms with van der Waals surface area (Å²) in [4.78, 5) is 25.2. The average molecular weight is 400 g/mol. The second-order valence-corrected chi connectivity index (χ2v) is 6.70. The number of carbonyl (C=O) groups excluding carboxylic acids is 2. The molecule has 2 rings (SSSR count). The summed E-state index contributed by atoms with van der Waals surface area (Å²) >= 11 is 0. The van der Waals surface area contributed by atoms with Crippen molar-refractivity contribution in [3.05, 3.63) is 47.0 Å². The third kappa shape index (κ3) is 4.88. The zero-order valence-electron chi connectivity index (χ0n) is 17.8. The Kier molecular flexibility index (Phi) is 7.65. The summed E-state index contributed by atoms with van der Waals surface area (Å²) in [6.07, 6.45) is 1.06. The van der Waals surface area contributed by atoms with E-state index in [-0.39, 0.29) is 17.5 Å². The van der Waals surface area contributed by atoms with Crippen molar-refractivity contribution in [2.75, 3.05) is 28.4 Å². The molecule has 0 heterocycles. The van der Waals surface area contributed by atoms with Gasteiger partial charge in [0.25, 0.3) is 0 Å². The number of Topliss-reactive ketones (excluding diaryl/α,β-unsaturated/α-hetero) is 1. The lowest BCUT2D eigenvalue weighted by Gasteiger charge is -2.20. The normalized spacial score (nSPS) is 11.5. The molecule has 0 N–H and O–H groups in total. The second kappa shape index (κ2) is 9.96. The molecule has 1 unspecified atom stereocenters. The number of hydrogen-bond donors (Lipinski definition) is 0. The van der Waals surface area contributed by atoms with E-state index in [1.807, 2.05) is 6.92 Å². The van der Waals surface area contributed by atoms with Crippen LogP contribution in [-0.2, 0) is 4.79 Å². The first-order chi connectivity index (χ1) is 13.9. The van der Waals surface area contributed by atoms with Crippen molar-refractivity contribution in [1.29, 1.82) is 0 Å². The van der Waals surface area contributed by atoms with E-state index >= 15 is 0 Å². The van der Waals surface area contributed by atoms with E-state index in [9.17, 15) is 9.59 Å². The largest absolute Gasteiger partial charge is 0.493 e. The van der Waals surface area contributed by atoms with Gasteiger partial charge in [-0.05, 0) is 55.2 Å². The first-order valence-corrected chi connectivity index (χ1v) is 9.42. The Bertz CT molecular complexity index is 887. The first-order valence-electron chi connectivity index (χ1n) is 9.42. The van der Waals surface area contributed by atoms with Crippen LogP contribution in [0.1, 0.15) is 54.1 Å². The van der Waals surface area contributed by atoms with Gasteiger partial charge >= 0.3 is 0 Å². The predicted molar refractivity (Wildman–Crippen MR) is 111 cm³/mol. The molecule has 2 aromatic carbocycles. The molecule has 0 radical (unpaired) electrons. The Morgan fingerprint density at radius 3 is 1.90 bits per heavy atom. The van der Waals surface area contributed by atoms with Gasteiger partial charge in [0, 0.05) is 17.5 Å². The van der Waals surface area contributed by atoms with E-state index in [1.54, 1.807) is 51.5 Å². The van der Waals surface area contributed by atoms with Gasteiger partial charge in [0.15, 0.2) is 28.8 Å². The number of methoxy groups -OCH3 is 4. The molecule has 0 aliphatic rings. The van der Waals surface area contributed by atoms with Gasteiger partial charge in [-0.1, -0.05) is 6.92 Å². The van der Waals surface area contributed by atoms with Gasteiger partial charge in [-0.15, -0.1) is 0 Å². The number of ether oxygens (including phenoxy) is 4. The maximum absolute atomic E-state index is 13.4. The molecule has 0 saturated heterocycles. The van der Waals surface area contributed by atoms with Crippen LogP contribution in [0.3, 0.4) is 0 Å². The van der Waals surface area contributed by atoms with E-state index in [2.05, 4.69) is 0 Å². The Labute approximate surface area is 171 Å². The van der Waals surface area contributed by atoms with Gasteiger partial charge in [-0.3, -0.25) is 4.79 Å². The highest BCUT2D eigenvalue weighted by molar-refractivity contribution is 6.10. The summed E-state index contributed by atoms with van der Waals surface area (Å²) in [5, 5.41) is 0. The first kappa shape index (κ1) is 22.3. The highest BCUT2D eigenvalue weighted by Gasteiger charge is 2.24. The molecule has 1 atom stereocenters. The fourth-order valence-electron chi connectivity index (χ4n) is 3.38. The highest BCUT2D eigenvalue weighted by atomic mass is 16.5. The van der Waals surface area contributed by atoms with Crippen LogP contribution in [0.2, 0.25) is 0 Å². The SMILES string of the molecule is CCC(CC(C)=O)c1cc(OC)c(OC)cc1C(=O)c1ccc(OC)c(OC)c1. The zero-order valence-corrected chi connectivity index (χ0v) is 17.8. The Balaban J connectivity index is 2.65. The van der Waals surface area contributed by atoms with E-state index in [0.717, 1.165) is 5.56 Å². The van der Waals surface area contributed by atoms with Crippen LogP contribution in [-0.4, -0.2) is 40.0 Å². The van der Waals surface area contributed by atoms with E-state index in [4.69, 9.17) is 18.9 Å². The standard InChI is InChI=1S/C23H28O6/c1-7-15(10-14(2)24)17-12-21(28-5)22(29-6)13-18(17)23(25)16-8-9-19(26-3)20(11-16)27-4/h8-9,11-13,15H,7,10H2,1-6H3. The van der Waals surface area contributed by atoms with Crippen LogP contribution >= 0.6 is 0 Å². The van der Waals surface area contributed by atoms with Crippen LogP contribution in [0.25, 0.3) is 0 Å². The molecule has 0 amide bonds. The minimum absolute atomic E-state index is 0.0659. The third-order valence-corrected chi connectivity index (χ3v) is 4.91. The smallest absolute Gasteiger partial charge is 0.193 e. The molecule has 0 aliphatic carbocycles. The molecular formula is C23H28O6. The van der Waals surface area contributed by atoms with Gasteiger partial charge in [0.1, 0.15) is 5.78 Å². The van der Waals surface area contributed by atoms with Crippen molar-refractivity contribution < 1.29 is 28.5 Å². The van der Waals surface area contributed by atoms with Gasteiger partial charge < -0.3 is 23.7 Å². The predicted octanol–water partition coefficient (Wildman–Crippen LogP) is 4.42. The zero-order chi connectivity index (χ0) is 21.6. The van der Waals surface area contributed by atoms with Crippen LogP contribution in [0.15, 0.2) is 30.3 Å². The lowest BCUT2D eigenvalue weighted by atomic mass is 9.85. The molecular weight excluding hydrogens is 372 g/mol. The van der Waals surface area contributed by atoms with Crippen LogP contribution in [0, 0.1) is 0 Å². The molecule has 6 nitrogen and oxygen atoms in total. The monoisotopic (exact) mass is 400 g/mol. The molecule has 6 heteroatoms.